The maximum Gasteiger partial charge on any atom is 0.129 e. The quantitative estimate of drug-likeness (QED) is 0.0745. The summed E-state index contributed by atoms with van der Waals surface area (Å²) >= 11 is 0. The van der Waals surface area contributed by atoms with Crippen LogP contribution in [0.25, 0.3) is 0 Å². The van der Waals surface area contributed by atoms with Crippen LogP contribution >= 0.6 is 0 Å². The summed E-state index contributed by atoms with van der Waals surface area (Å²) in [5.41, 5.74) is 1.35. The summed E-state index contributed by atoms with van der Waals surface area (Å²) in [5, 5.41) is 0. The molecule has 0 radical (unpaired) electrons. The Morgan fingerprint density at radius 1 is 0.486 bits per heavy atom. The van der Waals surface area contributed by atoms with Gasteiger partial charge in [0, 0.05) is 59.3 Å². The Labute approximate surface area is 217 Å². The van der Waals surface area contributed by atoms with Crippen molar-refractivity contribution in [1.29, 1.82) is 0 Å². The molecule has 5 heteroatoms. The minimum absolute atomic E-state index is 0.289. The Hall–Kier alpha value is -0.750. The fourth-order valence-corrected chi connectivity index (χ4v) is 3.67. The summed E-state index contributed by atoms with van der Waals surface area (Å²) in [6, 6.07) is 0. The molecule has 0 saturated carbocycles. The van der Waals surface area contributed by atoms with E-state index in [4.69, 9.17) is 18.9 Å². The number of unbranched alkanes of at least 4 members (excludes halogenated alkanes) is 9. The van der Waals surface area contributed by atoms with Crippen molar-refractivity contribution in [2.45, 2.75) is 123 Å². The van der Waals surface area contributed by atoms with E-state index in [1.165, 1.54) is 31.3 Å². The van der Waals surface area contributed by atoms with Crippen LogP contribution in [-0.4, -0.2) is 58.6 Å². The fourth-order valence-electron chi connectivity index (χ4n) is 3.67. The summed E-state index contributed by atoms with van der Waals surface area (Å²) < 4.78 is 22.8. The number of rotatable bonds is 30. The highest BCUT2D eigenvalue weighted by Crippen LogP contribution is 2.08. The summed E-state index contributed by atoms with van der Waals surface area (Å²) in [6.45, 7) is 14.8. The van der Waals surface area contributed by atoms with Crippen molar-refractivity contribution in [2.24, 2.45) is 0 Å². The molecule has 0 aliphatic rings. The van der Waals surface area contributed by atoms with E-state index in [0.29, 0.717) is 6.42 Å². The number of carbonyl (C=O) groups is 1. The SMILES string of the molecule is C=C(CC)CCCCOCCCCCOCCCCCOCCCCCOCCCCCC(C)=O. The number of hydrogen-bond donors (Lipinski definition) is 0. The third-order valence-corrected chi connectivity index (χ3v) is 6.12. The molecule has 0 rings (SSSR count). The standard InChI is InChI=1S/C30H58O5/c1-4-29(2)19-10-18-28-35-27-17-8-16-26-34-25-15-7-14-24-33-23-13-6-12-22-32-21-11-5-9-20-30(3)31/h2,4-28H2,1,3H3. The molecule has 0 aromatic heterocycles. The molecule has 0 bridgehead atoms. The van der Waals surface area contributed by atoms with Crippen LogP contribution in [0.3, 0.4) is 0 Å². The number of allylic oxidation sites excluding steroid dienone is 1. The average Bonchev–Trinajstić information content (AvgIpc) is 2.85. The Kier molecular flexibility index (Phi) is 28.8. The van der Waals surface area contributed by atoms with Gasteiger partial charge in [0.2, 0.25) is 0 Å². The van der Waals surface area contributed by atoms with Gasteiger partial charge >= 0.3 is 0 Å². The molecule has 5 nitrogen and oxygen atoms in total. The second-order valence-corrected chi connectivity index (χ2v) is 9.70. The highest BCUT2D eigenvalue weighted by molar-refractivity contribution is 5.75. The van der Waals surface area contributed by atoms with E-state index >= 15 is 0 Å². The molecule has 35 heavy (non-hydrogen) atoms. The third kappa shape index (κ3) is 31.2. The lowest BCUT2D eigenvalue weighted by atomic mass is 10.1. The van der Waals surface area contributed by atoms with Gasteiger partial charge in [-0.25, -0.2) is 0 Å². The Balaban J connectivity index is 3.04. The van der Waals surface area contributed by atoms with Crippen LogP contribution in [0.1, 0.15) is 123 Å². The van der Waals surface area contributed by atoms with Gasteiger partial charge in [0.15, 0.2) is 0 Å². The van der Waals surface area contributed by atoms with Crippen LogP contribution in [0.4, 0.5) is 0 Å². The first-order chi connectivity index (χ1) is 17.2. The molecular formula is C30H58O5. The lowest BCUT2D eigenvalue weighted by Gasteiger charge is -2.07. The Morgan fingerprint density at radius 2 is 0.771 bits per heavy atom. The van der Waals surface area contributed by atoms with Crippen molar-refractivity contribution >= 4 is 5.78 Å². The number of ether oxygens (including phenoxy) is 4. The number of ketones is 1. The second-order valence-electron chi connectivity index (χ2n) is 9.70. The molecule has 0 aliphatic carbocycles. The minimum Gasteiger partial charge on any atom is -0.381 e. The van der Waals surface area contributed by atoms with Crippen LogP contribution < -0.4 is 0 Å². The number of hydrogen-bond acceptors (Lipinski definition) is 5. The van der Waals surface area contributed by atoms with Gasteiger partial charge in [-0.2, -0.15) is 0 Å². The summed E-state index contributed by atoms with van der Waals surface area (Å²) in [4.78, 5) is 10.9. The maximum absolute atomic E-state index is 10.9. The van der Waals surface area contributed by atoms with Crippen molar-refractivity contribution in [1.82, 2.24) is 0 Å². The largest absolute Gasteiger partial charge is 0.381 e. The first-order valence-corrected chi connectivity index (χ1v) is 14.6. The van der Waals surface area contributed by atoms with E-state index in [0.717, 1.165) is 130 Å². The van der Waals surface area contributed by atoms with E-state index in [9.17, 15) is 4.79 Å². The predicted octanol–water partition coefficient (Wildman–Crippen LogP) is 7.85. The van der Waals surface area contributed by atoms with Gasteiger partial charge in [-0.3, -0.25) is 0 Å². The van der Waals surface area contributed by atoms with Crippen LogP contribution in [-0.2, 0) is 23.7 Å². The monoisotopic (exact) mass is 498 g/mol. The van der Waals surface area contributed by atoms with Gasteiger partial charge < -0.3 is 23.7 Å². The topological polar surface area (TPSA) is 54.0 Å². The summed E-state index contributed by atoms with van der Waals surface area (Å²) in [6.07, 6.45) is 18.7. The molecule has 0 aromatic rings. The van der Waals surface area contributed by atoms with Crippen LogP contribution in [0.5, 0.6) is 0 Å². The molecule has 0 unspecified atom stereocenters. The van der Waals surface area contributed by atoms with E-state index in [-0.39, 0.29) is 5.78 Å². The molecule has 0 N–H and O–H groups in total. The summed E-state index contributed by atoms with van der Waals surface area (Å²) in [5.74, 6) is 0.289. The smallest absolute Gasteiger partial charge is 0.129 e. The Morgan fingerprint density at radius 3 is 1.09 bits per heavy atom. The number of Topliss-reactive ketones (excluding diaryl/α,β-unsaturated/α-hetero) is 1. The molecule has 208 valence electrons. The van der Waals surface area contributed by atoms with Gasteiger partial charge in [-0.15, -0.1) is 0 Å². The van der Waals surface area contributed by atoms with Crippen LogP contribution in [0.2, 0.25) is 0 Å². The third-order valence-electron chi connectivity index (χ3n) is 6.12. The zero-order valence-electron chi connectivity index (χ0n) is 23.4. The summed E-state index contributed by atoms with van der Waals surface area (Å²) in [7, 11) is 0. The van der Waals surface area contributed by atoms with E-state index < -0.39 is 0 Å². The van der Waals surface area contributed by atoms with Crippen molar-refractivity contribution in [2.75, 3.05) is 52.9 Å². The molecule has 0 saturated heterocycles. The van der Waals surface area contributed by atoms with Gasteiger partial charge in [-0.1, -0.05) is 25.5 Å². The zero-order chi connectivity index (χ0) is 25.7. The molecular weight excluding hydrogens is 440 g/mol. The molecule has 0 atom stereocenters. The fraction of sp³-hybridized carbons (Fsp3) is 0.900. The highest BCUT2D eigenvalue weighted by Gasteiger charge is 1.97. The maximum atomic E-state index is 10.9. The van der Waals surface area contributed by atoms with Gasteiger partial charge in [0.1, 0.15) is 5.78 Å². The molecule has 0 fully saturated rings. The number of carbonyl (C=O) groups excluding carboxylic acids is 1. The van der Waals surface area contributed by atoms with E-state index in [1.54, 1.807) is 6.92 Å². The molecule has 0 amide bonds. The first-order valence-electron chi connectivity index (χ1n) is 14.6. The first kappa shape index (κ1) is 34.2. The van der Waals surface area contributed by atoms with E-state index in [1.807, 2.05) is 0 Å². The normalized spacial score (nSPS) is 11.3. The minimum atomic E-state index is 0.289. The lowest BCUT2D eigenvalue weighted by Crippen LogP contribution is -2.02. The predicted molar refractivity (Wildman–Crippen MR) is 147 cm³/mol. The van der Waals surface area contributed by atoms with Crippen LogP contribution in [0, 0.1) is 0 Å². The Bertz CT molecular complexity index is 452. The lowest BCUT2D eigenvalue weighted by molar-refractivity contribution is -0.117. The van der Waals surface area contributed by atoms with E-state index in [2.05, 4.69) is 13.5 Å². The molecule has 0 spiro atoms. The van der Waals surface area contributed by atoms with Crippen LogP contribution in [0.15, 0.2) is 12.2 Å². The molecule has 0 aliphatic heterocycles. The van der Waals surface area contributed by atoms with Gasteiger partial charge in [-0.05, 0) is 103 Å². The van der Waals surface area contributed by atoms with Gasteiger partial charge in [0.25, 0.3) is 0 Å². The van der Waals surface area contributed by atoms with Crippen molar-refractivity contribution < 1.29 is 23.7 Å². The molecule has 0 heterocycles. The molecule has 0 aromatic carbocycles. The second kappa shape index (κ2) is 29.5. The zero-order valence-corrected chi connectivity index (χ0v) is 23.4. The van der Waals surface area contributed by atoms with Gasteiger partial charge in [0.05, 0.1) is 0 Å². The van der Waals surface area contributed by atoms with Crippen molar-refractivity contribution in [3.8, 4) is 0 Å². The highest BCUT2D eigenvalue weighted by atomic mass is 16.5. The van der Waals surface area contributed by atoms with Crippen molar-refractivity contribution in [3.63, 3.8) is 0 Å². The average molecular weight is 499 g/mol. The van der Waals surface area contributed by atoms with Crippen molar-refractivity contribution in [3.05, 3.63) is 12.2 Å².